The molecule has 1 rings (SSSR count). The van der Waals surface area contributed by atoms with E-state index in [2.05, 4.69) is 13.3 Å². The predicted octanol–water partition coefficient (Wildman–Crippen LogP) is -0.628. The zero-order valence-electron chi connectivity index (χ0n) is 3.02. The molecule has 0 unspecified atom stereocenters. The van der Waals surface area contributed by atoms with Crippen LogP contribution in [0, 0.1) is 0 Å². The first-order valence-corrected chi connectivity index (χ1v) is 6.52. The molecule has 0 aromatic carbocycles. The van der Waals surface area contributed by atoms with Gasteiger partial charge in [-0.25, -0.2) is 0 Å². The van der Waals surface area contributed by atoms with E-state index in [1.165, 1.54) is 0 Å². The molecule has 0 atom stereocenters. The normalized spacial score (nSPS) is 12.8. The average Bonchev–Trinajstić information content (AvgIpc) is 0.722. The molecule has 1 aliphatic rings. The minimum Gasteiger partial charge on any atom is 0 e. The minimum atomic E-state index is -0.148. The van der Waals surface area contributed by atoms with E-state index in [1.54, 1.807) is 0 Å². The number of hydrogen-bond acceptors (Lipinski definition) is 0. The summed E-state index contributed by atoms with van der Waals surface area (Å²) >= 11 is -0.148. The minimum absolute atomic E-state index is 0. The molecule has 2 heteroatoms. The van der Waals surface area contributed by atoms with Gasteiger partial charge in [0, 0.05) is 37.7 Å². The van der Waals surface area contributed by atoms with Gasteiger partial charge in [0.05, 0.1) is 0 Å². The van der Waals surface area contributed by atoms with Crippen molar-refractivity contribution < 1.29 is 0 Å². The molecular formula is C3H4CaPb. The molecule has 2 radical (unpaired) electrons. The number of hydrogen-bond donors (Lipinski definition) is 0. The van der Waals surface area contributed by atoms with Crippen molar-refractivity contribution in [3.63, 3.8) is 0 Å². The zero-order valence-corrected chi connectivity index (χ0v) is 9.71. The van der Waals surface area contributed by atoms with Crippen LogP contribution in [0.4, 0.5) is 0 Å². The maximum Gasteiger partial charge on any atom is 0 e. The Hall–Kier alpha value is 1.79. The molecule has 0 aliphatic carbocycles. The van der Waals surface area contributed by atoms with Gasteiger partial charge in [-0.05, 0) is 0 Å². The molecule has 0 aromatic heterocycles. The maximum atomic E-state index is 2.33. The van der Waals surface area contributed by atoms with Gasteiger partial charge in [0.1, 0.15) is 0 Å². The van der Waals surface area contributed by atoms with Crippen LogP contribution in [-0.4, -0.2) is 65.0 Å². The van der Waals surface area contributed by atoms with Crippen LogP contribution >= 0.6 is 0 Å². The SMILES string of the molecule is C1=[CH][PbH]=[CH]1.[Ca]. The Labute approximate surface area is 73.3 Å². The van der Waals surface area contributed by atoms with Crippen LogP contribution in [-0.2, 0) is 0 Å². The number of rotatable bonds is 0. The van der Waals surface area contributed by atoms with Crippen LogP contribution in [0.25, 0.3) is 0 Å². The van der Waals surface area contributed by atoms with Crippen molar-refractivity contribution in [3.8, 4) is 0 Å². The molecule has 0 amide bonds. The van der Waals surface area contributed by atoms with E-state index >= 15 is 0 Å². The van der Waals surface area contributed by atoms with Crippen LogP contribution in [0.2, 0.25) is 0 Å². The fourth-order valence-corrected chi connectivity index (χ4v) is 0.975. The van der Waals surface area contributed by atoms with Gasteiger partial charge in [-0.15, -0.1) is 0 Å². The summed E-state index contributed by atoms with van der Waals surface area (Å²) in [5.41, 5.74) is 0. The maximum absolute atomic E-state index is 2.33. The van der Waals surface area contributed by atoms with Gasteiger partial charge < -0.3 is 0 Å². The van der Waals surface area contributed by atoms with Gasteiger partial charge in [-0.3, -0.25) is 0 Å². The molecule has 0 aromatic rings. The van der Waals surface area contributed by atoms with E-state index in [1.807, 2.05) is 0 Å². The Morgan fingerprint density at radius 1 is 1.40 bits per heavy atom. The second-order valence-electron chi connectivity index (χ2n) is 0.770. The summed E-state index contributed by atoms with van der Waals surface area (Å²) < 4.78 is 4.67. The van der Waals surface area contributed by atoms with Crippen molar-refractivity contribution in [3.05, 3.63) is 9.71 Å². The molecule has 0 saturated carbocycles. The fraction of sp³-hybridized carbons (Fsp3) is 0. The van der Waals surface area contributed by atoms with Crippen LogP contribution in [0.1, 0.15) is 0 Å². The first-order valence-electron chi connectivity index (χ1n) is 1.33. The van der Waals surface area contributed by atoms with Crippen LogP contribution in [0.3, 0.4) is 0 Å². The van der Waals surface area contributed by atoms with Gasteiger partial charge >= 0.3 is 37.0 Å². The molecule has 0 spiro atoms. The molecular weight excluding hydrogens is 283 g/mol. The first kappa shape index (κ1) is 6.79. The largest absolute Gasteiger partial charge is 0 e. The van der Waals surface area contributed by atoms with Crippen LogP contribution in [0.5, 0.6) is 0 Å². The quantitative estimate of drug-likeness (QED) is 0.521. The smallest absolute Gasteiger partial charge is 0 e. The summed E-state index contributed by atoms with van der Waals surface area (Å²) in [5, 5.41) is 0. The van der Waals surface area contributed by atoms with Crippen molar-refractivity contribution in [2.24, 2.45) is 0 Å². The molecule has 1 heterocycles. The van der Waals surface area contributed by atoms with Gasteiger partial charge in [0.15, 0.2) is 0 Å². The van der Waals surface area contributed by atoms with Gasteiger partial charge in [0.25, 0.3) is 0 Å². The monoisotopic (exact) mass is 288 g/mol. The summed E-state index contributed by atoms with van der Waals surface area (Å²) in [6.07, 6.45) is 2.15. The molecule has 0 fully saturated rings. The Morgan fingerprint density at radius 2 is 1.60 bits per heavy atom. The Bertz CT molecular complexity index is 47.3. The third-order valence-electron chi connectivity index (χ3n) is 0.444. The third kappa shape index (κ3) is 2.48. The molecule has 0 saturated heterocycles. The molecule has 0 N–H and O–H groups in total. The molecule has 0 bridgehead atoms. The average molecular weight is 287 g/mol. The van der Waals surface area contributed by atoms with Crippen molar-refractivity contribution in [1.29, 1.82) is 0 Å². The summed E-state index contributed by atoms with van der Waals surface area (Å²) in [6, 6.07) is 0. The first-order chi connectivity index (χ1) is 2.00. The van der Waals surface area contributed by atoms with E-state index in [0.29, 0.717) is 0 Å². The Kier molecular flexibility index (Phi) is 5.39. The van der Waals surface area contributed by atoms with Crippen LogP contribution < -0.4 is 0 Å². The molecule has 22 valence electrons. The predicted molar refractivity (Wildman–Crippen MR) is 28.1 cm³/mol. The van der Waals surface area contributed by atoms with Crippen molar-refractivity contribution in [2.75, 3.05) is 0 Å². The van der Waals surface area contributed by atoms with E-state index in [9.17, 15) is 0 Å². The van der Waals surface area contributed by atoms with Gasteiger partial charge in [0.2, 0.25) is 0 Å². The van der Waals surface area contributed by atoms with E-state index in [0.717, 1.165) is 0 Å². The molecule has 1 aliphatic heterocycles. The van der Waals surface area contributed by atoms with E-state index in [4.69, 9.17) is 0 Å². The topological polar surface area (TPSA) is 0 Å². The second kappa shape index (κ2) is 3.96. The van der Waals surface area contributed by atoms with Crippen molar-refractivity contribution >= 4 is 65.0 Å². The summed E-state index contributed by atoms with van der Waals surface area (Å²) in [7, 11) is 0. The van der Waals surface area contributed by atoms with Crippen molar-refractivity contribution in [2.45, 2.75) is 0 Å². The van der Waals surface area contributed by atoms with Gasteiger partial charge in [-0.2, -0.15) is 0 Å². The van der Waals surface area contributed by atoms with Crippen molar-refractivity contribution in [1.82, 2.24) is 0 Å². The van der Waals surface area contributed by atoms with Gasteiger partial charge in [-0.1, -0.05) is 0 Å². The zero-order chi connectivity index (χ0) is 2.83. The van der Waals surface area contributed by atoms with E-state index < -0.39 is 0 Å². The summed E-state index contributed by atoms with van der Waals surface area (Å²) in [6.45, 7) is 0. The summed E-state index contributed by atoms with van der Waals surface area (Å²) in [4.78, 5) is 0. The molecule has 0 nitrogen and oxygen atoms in total. The van der Waals surface area contributed by atoms with E-state index in [-0.39, 0.29) is 61.5 Å². The number of allylic oxidation sites excluding steroid dienone is 1. The standard InChI is InChI=1S/C3H3.Ca.Pb.H/c1-3-2;;;/h1-3H;;;. The summed E-state index contributed by atoms with van der Waals surface area (Å²) in [5.74, 6) is 0. The Balaban J connectivity index is 0.000000160. The van der Waals surface area contributed by atoms with Crippen LogP contribution in [0.15, 0.2) is 9.71 Å². The fourth-order valence-electron chi connectivity index (χ4n) is 0.111. The second-order valence-corrected chi connectivity index (χ2v) is 5.26. The molecule has 5 heavy (non-hydrogen) atoms. The Morgan fingerprint density at radius 3 is 1.60 bits per heavy atom. The third-order valence-corrected chi connectivity index (χ3v) is 3.90.